The molecule has 0 saturated carbocycles. The normalized spacial score (nSPS) is 14.7. The third kappa shape index (κ3) is 3.41. The zero-order valence-electron chi connectivity index (χ0n) is 15.8. The third-order valence-corrected chi connectivity index (χ3v) is 5.75. The molecule has 140 valence electrons. The van der Waals surface area contributed by atoms with E-state index >= 15 is 0 Å². The van der Waals surface area contributed by atoms with Crippen molar-refractivity contribution in [2.45, 2.75) is 45.6 Å². The largest absolute Gasteiger partial charge is 0.351 e. The molecule has 0 saturated heterocycles. The lowest BCUT2D eigenvalue weighted by Gasteiger charge is -2.13. The molecule has 0 radical (unpaired) electrons. The lowest BCUT2D eigenvalue weighted by atomic mass is 9.92. The fraction of sp³-hybridized carbons (Fsp3) is 0.381. The van der Waals surface area contributed by atoms with Gasteiger partial charge in [0.15, 0.2) is 5.78 Å². The number of amides is 1. The molecule has 27 heavy (non-hydrogen) atoms. The van der Waals surface area contributed by atoms with E-state index in [0.29, 0.717) is 24.2 Å². The third-order valence-electron chi connectivity index (χ3n) is 4.97. The number of carbonyl (C=O) groups is 2. The summed E-state index contributed by atoms with van der Waals surface area (Å²) in [5.74, 6) is 0.0329. The van der Waals surface area contributed by atoms with E-state index < -0.39 is 0 Å². The van der Waals surface area contributed by atoms with Crippen LogP contribution in [0.4, 0.5) is 0 Å². The quantitative estimate of drug-likeness (QED) is 0.699. The minimum atomic E-state index is -0.0454. The summed E-state index contributed by atoms with van der Waals surface area (Å²) in [6, 6.07) is 9.65. The van der Waals surface area contributed by atoms with E-state index in [9.17, 15) is 9.59 Å². The van der Waals surface area contributed by atoms with Crippen LogP contribution in [-0.2, 0) is 18.4 Å². The van der Waals surface area contributed by atoms with Gasteiger partial charge >= 0.3 is 0 Å². The molecule has 1 N–H and O–H groups in total. The van der Waals surface area contributed by atoms with Crippen molar-refractivity contribution in [1.82, 2.24) is 14.3 Å². The highest BCUT2D eigenvalue weighted by atomic mass is 32.1. The van der Waals surface area contributed by atoms with Crippen LogP contribution in [0.3, 0.4) is 0 Å². The van der Waals surface area contributed by atoms with Gasteiger partial charge in [0.05, 0.1) is 5.69 Å². The van der Waals surface area contributed by atoms with Gasteiger partial charge in [-0.2, -0.15) is 4.37 Å². The molecule has 0 atom stereocenters. The molecule has 2 aromatic heterocycles. The number of aryl methyl sites for hydroxylation is 1. The smallest absolute Gasteiger partial charge is 0.267 e. The maximum absolute atomic E-state index is 12.8. The number of carbonyl (C=O) groups excluding carboxylic acids is 2. The Kier molecular flexibility index (Phi) is 4.38. The van der Waals surface area contributed by atoms with Crippen LogP contribution in [0.5, 0.6) is 0 Å². The van der Waals surface area contributed by atoms with E-state index in [1.165, 1.54) is 11.5 Å². The summed E-state index contributed by atoms with van der Waals surface area (Å²) in [6.45, 7) is 7.82. The van der Waals surface area contributed by atoms with Crippen LogP contribution < -0.4 is 5.32 Å². The second kappa shape index (κ2) is 6.60. The fourth-order valence-corrected chi connectivity index (χ4v) is 4.30. The first kappa shape index (κ1) is 17.9. The summed E-state index contributed by atoms with van der Waals surface area (Å²) < 4.78 is 6.52. The predicted molar refractivity (Wildman–Crippen MR) is 108 cm³/mol. The van der Waals surface area contributed by atoms with Crippen molar-refractivity contribution < 1.29 is 9.59 Å². The summed E-state index contributed by atoms with van der Waals surface area (Å²) in [4.78, 5) is 26.0. The first-order valence-corrected chi connectivity index (χ1v) is 10.0. The lowest BCUT2D eigenvalue weighted by molar-refractivity contribution is 0.0950. The SMILES string of the molecule is CC(C)(C)c1cc(CC(=O)c2ccc3cc4n(c3c2)CCCNC4=O)sn1. The van der Waals surface area contributed by atoms with Crippen LogP contribution in [0.15, 0.2) is 30.3 Å². The molecule has 0 unspecified atom stereocenters. The van der Waals surface area contributed by atoms with E-state index in [1.807, 2.05) is 34.9 Å². The van der Waals surface area contributed by atoms with E-state index in [1.54, 1.807) is 0 Å². The Morgan fingerprint density at radius 2 is 2.07 bits per heavy atom. The number of Topliss-reactive ketones (excluding diaryl/α,β-unsaturated/α-hetero) is 1. The van der Waals surface area contributed by atoms with Crippen molar-refractivity contribution in [3.63, 3.8) is 0 Å². The molecular formula is C21H23N3O2S. The zero-order chi connectivity index (χ0) is 19.2. The standard InChI is InChI=1S/C21H23N3O2S/c1-21(2,3)19-12-15(27-23-19)11-18(25)14-6-5-13-9-17-20(26)22-7-4-8-24(17)16(13)10-14/h5-6,9-10,12H,4,7-8,11H2,1-3H3,(H,22,26). The van der Waals surface area contributed by atoms with Crippen LogP contribution >= 0.6 is 11.5 Å². The van der Waals surface area contributed by atoms with Gasteiger partial charge in [-0.05, 0) is 36.2 Å². The highest BCUT2D eigenvalue weighted by Crippen LogP contribution is 2.26. The molecule has 5 nitrogen and oxygen atoms in total. The Labute approximate surface area is 162 Å². The topological polar surface area (TPSA) is 64.0 Å². The first-order chi connectivity index (χ1) is 12.8. The van der Waals surface area contributed by atoms with Crippen LogP contribution in [0.2, 0.25) is 0 Å². The number of ketones is 1. The molecule has 3 aromatic rings. The van der Waals surface area contributed by atoms with Crippen molar-refractivity contribution in [2.75, 3.05) is 6.54 Å². The van der Waals surface area contributed by atoms with E-state index in [0.717, 1.165) is 34.4 Å². The lowest BCUT2D eigenvalue weighted by Crippen LogP contribution is -2.22. The highest BCUT2D eigenvalue weighted by molar-refractivity contribution is 7.05. The Balaban J connectivity index is 1.63. The number of aromatic nitrogens is 2. The Morgan fingerprint density at radius 1 is 1.26 bits per heavy atom. The average molecular weight is 382 g/mol. The summed E-state index contributed by atoms with van der Waals surface area (Å²) in [7, 11) is 0. The summed E-state index contributed by atoms with van der Waals surface area (Å²) in [6.07, 6.45) is 1.24. The van der Waals surface area contributed by atoms with Gasteiger partial charge in [-0.15, -0.1) is 0 Å². The summed E-state index contributed by atoms with van der Waals surface area (Å²) >= 11 is 1.40. The number of nitrogens with one attached hydrogen (secondary N) is 1. The molecule has 0 bridgehead atoms. The van der Waals surface area contributed by atoms with Crippen molar-refractivity contribution in [1.29, 1.82) is 0 Å². The van der Waals surface area contributed by atoms with Gasteiger partial charge < -0.3 is 9.88 Å². The monoisotopic (exact) mass is 381 g/mol. The molecule has 1 amide bonds. The Morgan fingerprint density at radius 3 is 2.81 bits per heavy atom. The fourth-order valence-electron chi connectivity index (χ4n) is 3.40. The van der Waals surface area contributed by atoms with E-state index in [2.05, 4.69) is 30.5 Å². The minimum absolute atomic E-state index is 0.0131. The molecule has 1 aromatic carbocycles. The van der Waals surface area contributed by atoms with Crippen molar-refractivity contribution in [3.05, 3.63) is 52.2 Å². The number of nitrogens with zero attached hydrogens (tertiary/aromatic N) is 2. The second-order valence-electron chi connectivity index (χ2n) is 8.09. The molecule has 1 aliphatic heterocycles. The molecular weight excluding hydrogens is 358 g/mol. The minimum Gasteiger partial charge on any atom is -0.351 e. The highest BCUT2D eigenvalue weighted by Gasteiger charge is 2.21. The number of hydrogen-bond donors (Lipinski definition) is 1. The Bertz CT molecular complexity index is 1040. The molecule has 0 spiro atoms. The predicted octanol–water partition coefficient (Wildman–Crippen LogP) is 3.95. The van der Waals surface area contributed by atoms with Gasteiger partial charge in [-0.3, -0.25) is 9.59 Å². The second-order valence-corrected chi connectivity index (χ2v) is 8.98. The average Bonchev–Trinajstić information content (AvgIpc) is 3.18. The molecule has 3 heterocycles. The number of rotatable bonds is 3. The van der Waals surface area contributed by atoms with Crippen molar-refractivity contribution in [2.24, 2.45) is 0 Å². The Hall–Kier alpha value is -2.47. The van der Waals surface area contributed by atoms with Gasteiger partial charge in [0.1, 0.15) is 5.69 Å². The summed E-state index contributed by atoms with van der Waals surface area (Å²) in [5.41, 5.74) is 3.31. The van der Waals surface area contributed by atoms with Crippen LogP contribution in [0, 0.1) is 0 Å². The van der Waals surface area contributed by atoms with E-state index in [-0.39, 0.29) is 17.1 Å². The molecule has 0 fully saturated rings. The van der Waals surface area contributed by atoms with Crippen LogP contribution in [0.1, 0.15) is 58.6 Å². The summed E-state index contributed by atoms with van der Waals surface area (Å²) in [5, 5.41) is 3.91. The van der Waals surface area contributed by atoms with Gasteiger partial charge in [0.25, 0.3) is 5.91 Å². The molecule has 0 aliphatic carbocycles. The van der Waals surface area contributed by atoms with Crippen LogP contribution in [0.25, 0.3) is 10.9 Å². The number of benzene rings is 1. The van der Waals surface area contributed by atoms with Crippen LogP contribution in [-0.4, -0.2) is 27.2 Å². The van der Waals surface area contributed by atoms with Gasteiger partial charge in [-0.25, -0.2) is 0 Å². The molecule has 6 heteroatoms. The van der Waals surface area contributed by atoms with E-state index in [4.69, 9.17) is 0 Å². The van der Waals surface area contributed by atoms with Gasteiger partial charge in [0.2, 0.25) is 0 Å². The molecule has 4 rings (SSSR count). The molecule has 1 aliphatic rings. The van der Waals surface area contributed by atoms with Crippen molar-refractivity contribution >= 4 is 34.1 Å². The maximum Gasteiger partial charge on any atom is 0.267 e. The maximum atomic E-state index is 12.8. The number of fused-ring (bicyclic) bond motifs is 3. The van der Waals surface area contributed by atoms with Gasteiger partial charge in [0, 0.05) is 46.3 Å². The van der Waals surface area contributed by atoms with Gasteiger partial charge in [-0.1, -0.05) is 32.9 Å². The zero-order valence-corrected chi connectivity index (χ0v) is 16.7. The van der Waals surface area contributed by atoms with Crippen molar-refractivity contribution in [3.8, 4) is 0 Å². The number of hydrogen-bond acceptors (Lipinski definition) is 4. The first-order valence-electron chi connectivity index (χ1n) is 9.24.